The van der Waals surface area contributed by atoms with Crippen LogP contribution in [-0.4, -0.2) is 145 Å². The number of piperazine rings is 1. The van der Waals surface area contributed by atoms with Crippen molar-refractivity contribution >= 4 is 40.3 Å². The van der Waals surface area contributed by atoms with Crippen LogP contribution in [0.25, 0.3) is 10.9 Å². The highest BCUT2D eigenvalue weighted by Crippen LogP contribution is 2.31. The highest BCUT2D eigenvalue weighted by atomic mass is 16.6. The Labute approximate surface area is 332 Å². The molecule has 1 saturated carbocycles. The number of aromatic nitrogens is 2. The van der Waals surface area contributed by atoms with Crippen LogP contribution in [-0.2, 0) is 23.8 Å². The molecule has 2 aromatic carbocycles. The van der Waals surface area contributed by atoms with Crippen molar-refractivity contribution in [2.24, 2.45) is 0 Å². The quantitative estimate of drug-likeness (QED) is 0.150. The minimum absolute atomic E-state index is 0. The minimum Gasteiger partial charge on any atom is -0.491 e. The largest absolute Gasteiger partial charge is 0.491 e. The van der Waals surface area contributed by atoms with Crippen molar-refractivity contribution in [1.82, 2.24) is 30.0 Å². The number of amides is 4. The predicted molar refractivity (Wildman–Crippen MR) is 210 cm³/mol. The zero-order valence-corrected chi connectivity index (χ0v) is 31.5. The van der Waals surface area contributed by atoms with Gasteiger partial charge in [0, 0.05) is 56.6 Å². The number of nitrogens with one attached hydrogen (secondary N) is 2. The van der Waals surface area contributed by atoms with E-state index < -0.39 is 29.7 Å². The minimum atomic E-state index is -1.01. The molecule has 3 fully saturated rings. The van der Waals surface area contributed by atoms with Crippen LogP contribution >= 0.6 is 0 Å². The number of imide groups is 2. The maximum Gasteiger partial charge on any atom is 0.262 e. The van der Waals surface area contributed by atoms with E-state index in [9.17, 15) is 24.4 Å². The van der Waals surface area contributed by atoms with Gasteiger partial charge in [-0.05, 0) is 68.5 Å². The monoisotopic (exact) mass is 784 g/mol. The lowest BCUT2D eigenvalue weighted by molar-refractivity contribution is -0.136. The summed E-state index contributed by atoms with van der Waals surface area (Å²) in [5.41, 5.74) is 1.83. The second-order valence-corrected chi connectivity index (χ2v) is 14.4. The molecule has 1 aliphatic carbocycles. The van der Waals surface area contributed by atoms with E-state index >= 15 is 0 Å². The Balaban J connectivity index is 0.00000549. The molecule has 57 heavy (non-hydrogen) atoms. The molecule has 2 saturated heterocycles. The molecule has 304 valence electrons. The van der Waals surface area contributed by atoms with E-state index in [0.717, 1.165) is 80.0 Å². The summed E-state index contributed by atoms with van der Waals surface area (Å²) in [5.74, 6) is -0.969. The van der Waals surface area contributed by atoms with Crippen LogP contribution in [0.4, 0.5) is 5.82 Å². The number of fused-ring (bicyclic) bond motifs is 2. The maximum absolute atomic E-state index is 13.0. The van der Waals surface area contributed by atoms with E-state index in [4.69, 9.17) is 18.9 Å². The van der Waals surface area contributed by atoms with Gasteiger partial charge in [-0.3, -0.25) is 39.2 Å². The first-order valence-electron chi connectivity index (χ1n) is 19.5. The lowest BCUT2D eigenvalue weighted by atomic mass is 9.89. The van der Waals surface area contributed by atoms with Crippen LogP contribution in [0.5, 0.6) is 5.75 Å². The third kappa shape index (κ3) is 10.3. The van der Waals surface area contributed by atoms with Gasteiger partial charge in [0.1, 0.15) is 30.5 Å². The third-order valence-electron chi connectivity index (χ3n) is 10.9. The summed E-state index contributed by atoms with van der Waals surface area (Å²) in [6.45, 7) is 8.17. The van der Waals surface area contributed by atoms with Gasteiger partial charge in [-0.15, -0.1) is 0 Å². The van der Waals surface area contributed by atoms with Crippen LogP contribution in [0.15, 0.2) is 42.7 Å². The van der Waals surface area contributed by atoms with Gasteiger partial charge in [-0.1, -0.05) is 7.43 Å². The third-order valence-corrected chi connectivity index (χ3v) is 10.9. The van der Waals surface area contributed by atoms with Gasteiger partial charge < -0.3 is 24.3 Å². The van der Waals surface area contributed by atoms with Gasteiger partial charge in [0.05, 0.1) is 67.9 Å². The number of benzene rings is 2. The Morgan fingerprint density at radius 1 is 0.789 bits per heavy atom. The van der Waals surface area contributed by atoms with E-state index in [1.807, 2.05) is 12.1 Å². The Bertz CT molecular complexity index is 1940. The number of hydrogen-bond donors (Lipinski definition) is 2. The fraction of sp³-hybridized carbons (Fsp3) is 0.537. The SMILES string of the molecule is C.N#Cc1ccc2ncnc(NC3CCC(N4CCN(CCOCCOCCOCCOc5ccc6c(c5)C(=O)N(C5CCC(=O)NC5=O)C6=O)CC4)CC3)c2c1. The highest BCUT2D eigenvalue weighted by molar-refractivity contribution is 6.23. The maximum atomic E-state index is 13.0. The second-order valence-electron chi connectivity index (χ2n) is 14.4. The molecule has 0 bridgehead atoms. The van der Waals surface area contributed by atoms with E-state index in [2.05, 4.69) is 36.5 Å². The number of rotatable bonds is 17. The number of carbonyl (C=O) groups is 4. The molecule has 2 N–H and O–H groups in total. The van der Waals surface area contributed by atoms with Crippen molar-refractivity contribution < 1.29 is 38.1 Å². The standard InChI is InChI=1S/C40H48N8O8.CH4/c41-25-27-1-8-34-33(23-27)37(43-26-42-34)44-28-2-4-29(5-3-28)47-13-11-46(12-14-47)15-16-53-17-18-54-19-20-55-21-22-56-30-6-7-31-32(24-30)40(52)48(39(31)51)35-9-10-36(49)45-38(35)50;/h1,6-8,23-24,26,28-29,35H,2-5,9-22H2,(H,42,43,44)(H,45,49,50);1H4. The number of ether oxygens (including phenoxy) is 4. The molecule has 0 radical (unpaired) electrons. The fourth-order valence-electron chi connectivity index (χ4n) is 7.87. The number of hydrogen-bond acceptors (Lipinski definition) is 14. The molecule has 16 heteroatoms. The number of piperidine rings is 1. The molecule has 7 rings (SSSR count). The molecule has 1 unspecified atom stereocenters. The Hall–Kier alpha value is -5.05. The number of nitrogens with zero attached hydrogens (tertiary/aromatic N) is 6. The molecular weight excluding hydrogens is 732 g/mol. The molecule has 0 spiro atoms. The number of nitriles is 1. The summed E-state index contributed by atoms with van der Waals surface area (Å²) < 4.78 is 22.8. The van der Waals surface area contributed by atoms with Gasteiger partial charge in [-0.2, -0.15) is 5.26 Å². The molecule has 1 atom stereocenters. The summed E-state index contributed by atoms with van der Waals surface area (Å²) in [7, 11) is 0. The lowest BCUT2D eigenvalue weighted by Gasteiger charge is -2.42. The van der Waals surface area contributed by atoms with Gasteiger partial charge >= 0.3 is 0 Å². The normalized spacial score (nSPS) is 21.5. The van der Waals surface area contributed by atoms with Gasteiger partial charge in [-0.25, -0.2) is 9.97 Å². The summed E-state index contributed by atoms with van der Waals surface area (Å²) in [4.78, 5) is 64.4. The van der Waals surface area contributed by atoms with Crippen LogP contribution in [0.2, 0.25) is 0 Å². The van der Waals surface area contributed by atoms with Crippen LogP contribution < -0.4 is 15.4 Å². The molecule has 3 aliphatic heterocycles. The van der Waals surface area contributed by atoms with Gasteiger partial charge in [0.15, 0.2) is 0 Å². The van der Waals surface area contributed by atoms with Crippen molar-refractivity contribution in [1.29, 1.82) is 5.26 Å². The first-order valence-corrected chi connectivity index (χ1v) is 19.5. The summed E-state index contributed by atoms with van der Waals surface area (Å²) >= 11 is 0. The zero-order chi connectivity index (χ0) is 38.9. The van der Waals surface area contributed by atoms with Gasteiger partial charge in [0.25, 0.3) is 11.8 Å². The van der Waals surface area contributed by atoms with Crippen LogP contribution in [0.1, 0.15) is 72.2 Å². The average Bonchev–Trinajstić information content (AvgIpc) is 3.46. The van der Waals surface area contributed by atoms with Crippen molar-refractivity contribution in [2.75, 3.05) is 84.3 Å². The zero-order valence-electron chi connectivity index (χ0n) is 31.5. The first-order chi connectivity index (χ1) is 27.4. The van der Waals surface area contributed by atoms with E-state index in [1.165, 1.54) is 12.1 Å². The van der Waals surface area contributed by atoms with E-state index in [-0.39, 0.29) is 38.0 Å². The molecule has 4 heterocycles. The highest BCUT2D eigenvalue weighted by Gasteiger charge is 2.44. The van der Waals surface area contributed by atoms with Crippen molar-refractivity contribution in [3.8, 4) is 11.8 Å². The molecular formula is C41H52N8O8. The molecule has 1 aromatic heterocycles. The number of anilines is 1. The Morgan fingerprint density at radius 3 is 2.21 bits per heavy atom. The predicted octanol–water partition coefficient (Wildman–Crippen LogP) is 3.01. The topological polar surface area (TPSA) is 189 Å². The van der Waals surface area contributed by atoms with Crippen LogP contribution in [0, 0.1) is 11.3 Å². The summed E-state index contributed by atoms with van der Waals surface area (Å²) in [5, 5.41) is 16.0. The molecule has 16 nitrogen and oxygen atoms in total. The van der Waals surface area contributed by atoms with Crippen molar-refractivity contribution in [3.63, 3.8) is 0 Å². The molecule has 4 aliphatic rings. The average molecular weight is 785 g/mol. The van der Waals surface area contributed by atoms with Gasteiger partial charge in [0.2, 0.25) is 11.8 Å². The molecule has 4 amide bonds. The first kappa shape index (κ1) is 41.6. The van der Waals surface area contributed by atoms with Crippen LogP contribution in [0.3, 0.4) is 0 Å². The summed E-state index contributed by atoms with van der Waals surface area (Å²) in [6, 6.07) is 12.3. The summed E-state index contributed by atoms with van der Waals surface area (Å²) in [6.07, 6.45) is 6.25. The van der Waals surface area contributed by atoms with E-state index in [0.29, 0.717) is 63.0 Å². The lowest BCUT2D eigenvalue weighted by Crippen LogP contribution is -2.54. The molecule has 3 aromatic rings. The second kappa shape index (κ2) is 19.9. The Morgan fingerprint density at radius 2 is 1.49 bits per heavy atom. The fourth-order valence-corrected chi connectivity index (χ4v) is 7.87. The smallest absolute Gasteiger partial charge is 0.262 e. The number of carbonyl (C=O) groups excluding carboxylic acids is 4. The van der Waals surface area contributed by atoms with Crippen molar-refractivity contribution in [3.05, 3.63) is 59.4 Å². The Kier molecular flexibility index (Phi) is 14.5. The van der Waals surface area contributed by atoms with E-state index in [1.54, 1.807) is 18.5 Å². The van der Waals surface area contributed by atoms with Crippen molar-refractivity contribution in [2.45, 2.75) is 64.1 Å².